The van der Waals surface area contributed by atoms with Crippen molar-refractivity contribution in [1.29, 1.82) is 0 Å². The molecule has 138 valence electrons. The number of halogens is 3. The molecule has 0 amide bonds. The van der Waals surface area contributed by atoms with E-state index in [9.17, 15) is 27.9 Å². The molecule has 1 aliphatic rings. The van der Waals surface area contributed by atoms with Gasteiger partial charge in [0.2, 0.25) is 0 Å². The smallest absolute Gasteiger partial charge is 0.394 e. The van der Waals surface area contributed by atoms with Gasteiger partial charge in [-0.1, -0.05) is 5.11 Å². The molecular formula is C12H14F3N5O5. The number of ether oxygens (including phenoxy) is 2. The molecule has 1 fully saturated rings. The summed E-state index contributed by atoms with van der Waals surface area (Å²) in [6, 6.07) is -0.733. The Morgan fingerprint density at radius 3 is 2.84 bits per heavy atom. The number of aromatic amines is 1. The van der Waals surface area contributed by atoms with Gasteiger partial charge in [-0.3, -0.25) is 14.3 Å². The fourth-order valence-electron chi connectivity index (χ4n) is 2.36. The van der Waals surface area contributed by atoms with Crippen molar-refractivity contribution in [2.24, 2.45) is 5.11 Å². The number of aliphatic hydroxyl groups is 1. The van der Waals surface area contributed by atoms with Crippen LogP contribution in [-0.2, 0) is 16.1 Å². The minimum atomic E-state index is -4.55. The zero-order valence-corrected chi connectivity index (χ0v) is 12.6. The van der Waals surface area contributed by atoms with Gasteiger partial charge in [-0.15, -0.1) is 0 Å². The number of hydrogen-bond acceptors (Lipinski definition) is 6. The van der Waals surface area contributed by atoms with Crippen LogP contribution in [0.5, 0.6) is 0 Å². The molecule has 2 heterocycles. The third-order valence-corrected chi connectivity index (χ3v) is 3.46. The van der Waals surface area contributed by atoms with E-state index >= 15 is 0 Å². The van der Waals surface area contributed by atoms with E-state index in [4.69, 9.17) is 10.3 Å². The number of aliphatic hydroxyl groups excluding tert-OH is 1. The Hall–Kier alpha value is -2.34. The molecule has 0 radical (unpaired) electrons. The van der Waals surface area contributed by atoms with E-state index in [0.717, 1.165) is 10.8 Å². The molecule has 0 saturated carbocycles. The van der Waals surface area contributed by atoms with Crippen molar-refractivity contribution >= 4 is 0 Å². The summed E-state index contributed by atoms with van der Waals surface area (Å²) >= 11 is 0. The predicted molar refractivity (Wildman–Crippen MR) is 75.6 cm³/mol. The quantitative estimate of drug-likeness (QED) is 0.430. The van der Waals surface area contributed by atoms with Crippen LogP contribution in [0, 0.1) is 0 Å². The van der Waals surface area contributed by atoms with Gasteiger partial charge in [0.15, 0.2) is 0 Å². The zero-order chi connectivity index (χ0) is 18.6. The highest BCUT2D eigenvalue weighted by Crippen LogP contribution is 2.29. The first kappa shape index (κ1) is 19.0. The van der Waals surface area contributed by atoms with Crippen molar-refractivity contribution in [2.45, 2.75) is 37.6 Å². The minimum absolute atomic E-state index is 0.0457. The SMILES string of the molecule is [N-]=[N+]=NC1CC(n2cc(COCC(F)(F)F)c(=O)[nH]c2=O)OC1CO. The Morgan fingerprint density at radius 2 is 2.24 bits per heavy atom. The van der Waals surface area contributed by atoms with Crippen molar-refractivity contribution in [3.05, 3.63) is 43.0 Å². The Balaban J connectivity index is 2.21. The van der Waals surface area contributed by atoms with Crippen LogP contribution in [-0.4, -0.2) is 46.2 Å². The van der Waals surface area contributed by atoms with Gasteiger partial charge in [0.25, 0.3) is 5.56 Å². The van der Waals surface area contributed by atoms with E-state index in [2.05, 4.69) is 14.8 Å². The summed E-state index contributed by atoms with van der Waals surface area (Å²) in [4.78, 5) is 28.2. The molecule has 0 aromatic carbocycles. The van der Waals surface area contributed by atoms with Crippen LogP contribution in [0.15, 0.2) is 20.9 Å². The molecule has 1 saturated heterocycles. The van der Waals surface area contributed by atoms with Crippen molar-refractivity contribution in [2.75, 3.05) is 13.2 Å². The first-order valence-electron chi connectivity index (χ1n) is 7.04. The van der Waals surface area contributed by atoms with Crippen LogP contribution in [0.1, 0.15) is 18.2 Å². The van der Waals surface area contributed by atoms with Crippen LogP contribution in [0.4, 0.5) is 13.2 Å². The summed E-state index contributed by atoms with van der Waals surface area (Å²) in [6.07, 6.45) is -5.28. The number of hydrogen-bond donors (Lipinski definition) is 2. The molecule has 0 spiro atoms. The molecule has 1 aromatic heterocycles. The number of rotatable bonds is 6. The van der Waals surface area contributed by atoms with Crippen LogP contribution in [0.3, 0.4) is 0 Å². The average Bonchev–Trinajstić information content (AvgIpc) is 2.91. The van der Waals surface area contributed by atoms with Crippen LogP contribution in [0.2, 0.25) is 0 Å². The van der Waals surface area contributed by atoms with E-state index in [0.29, 0.717) is 0 Å². The van der Waals surface area contributed by atoms with Crippen molar-refractivity contribution in [3.63, 3.8) is 0 Å². The summed E-state index contributed by atoms with van der Waals surface area (Å²) in [5.74, 6) is 0. The molecule has 25 heavy (non-hydrogen) atoms. The third kappa shape index (κ3) is 4.82. The maximum Gasteiger partial charge on any atom is 0.411 e. The average molecular weight is 365 g/mol. The minimum Gasteiger partial charge on any atom is -0.394 e. The van der Waals surface area contributed by atoms with Crippen LogP contribution in [0.25, 0.3) is 10.4 Å². The Kier molecular flexibility index (Phi) is 5.85. The molecule has 13 heteroatoms. The van der Waals surface area contributed by atoms with Gasteiger partial charge in [-0.05, 0) is 5.53 Å². The molecule has 2 rings (SSSR count). The molecule has 1 aliphatic heterocycles. The number of azide groups is 1. The second-order valence-corrected chi connectivity index (χ2v) is 5.25. The summed E-state index contributed by atoms with van der Waals surface area (Å²) in [5, 5.41) is 12.7. The lowest BCUT2D eigenvalue weighted by Crippen LogP contribution is -2.34. The number of aromatic nitrogens is 2. The predicted octanol–water partition coefficient (Wildman–Crippen LogP) is 0.574. The van der Waals surface area contributed by atoms with Gasteiger partial charge in [-0.25, -0.2) is 4.79 Å². The molecule has 3 unspecified atom stereocenters. The van der Waals surface area contributed by atoms with Gasteiger partial charge in [0.1, 0.15) is 12.8 Å². The first-order chi connectivity index (χ1) is 11.7. The molecule has 0 aliphatic carbocycles. The fraction of sp³-hybridized carbons (Fsp3) is 0.667. The highest BCUT2D eigenvalue weighted by atomic mass is 19.4. The van der Waals surface area contributed by atoms with E-state index in [1.165, 1.54) is 0 Å². The van der Waals surface area contributed by atoms with Gasteiger partial charge in [0, 0.05) is 17.5 Å². The topological polar surface area (TPSA) is 142 Å². The third-order valence-electron chi connectivity index (χ3n) is 3.46. The number of alkyl halides is 3. The summed E-state index contributed by atoms with van der Waals surface area (Å²) in [5.41, 5.74) is 6.55. The second-order valence-electron chi connectivity index (χ2n) is 5.25. The largest absolute Gasteiger partial charge is 0.411 e. The summed E-state index contributed by atoms with van der Waals surface area (Å²) in [6.45, 7) is -2.66. The monoisotopic (exact) mass is 365 g/mol. The Bertz CT molecular complexity index is 770. The highest BCUT2D eigenvalue weighted by molar-refractivity contribution is 5.04. The van der Waals surface area contributed by atoms with E-state index in [-0.39, 0.29) is 12.0 Å². The molecule has 10 nitrogen and oxygen atoms in total. The van der Waals surface area contributed by atoms with Crippen molar-refractivity contribution in [1.82, 2.24) is 9.55 Å². The van der Waals surface area contributed by atoms with Gasteiger partial charge < -0.3 is 14.6 Å². The molecule has 1 aromatic rings. The van der Waals surface area contributed by atoms with Crippen LogP contribution < -0.4 is 11.2 Å². The normalized spacial score (nSPS) is 23.4. The molecule has 0 bridgehead atoms. The van der Waals surface area contributed by atoms with Crippen molar-refractivity contribution < 1.29 is 27.8 Å². The lowest BCUT2D eigenvalue weighted by atomic mass is 10.1. The van der Waals surface area contributed by atoms with Crippen molar-refractivity contribution in [3.8, 4) is 0 Å². The summed E-state index contributed by atoms with van der Waals surface area (Å²) < 4.78 is 47.1. The lowest BCUT2D eigenvalue weighted by Gasteiger charge is -2.15. The summed E-state index contributed by atoms with van der Waals surface area (Å²) in [7, 11) is 0. The Morgan fingerprint density at radius 1 is 1.52 bits per heavy atom. The molecular weight excluding hydrogens is 351 g/mol. The van der Waals surface area contributed by atoms with Gasteiger partial charge >= 0.3 is 11.9 Å². The molecule has 3 atom stereocenters. The molecule has 2 N–H and O–H groups in total. The van der Waals surface area contributed by atoms with E-state index < -0.39 is 55.6 Å². The first-order valence-corrected chi connectivity index (χ1v) is 7.04. The zero-order valence-electron chi connectivity index (χ0n) is 12.6. The van der Waals surface area contributed by atoms with Gasteiger partial charge in [-0.2, -0.15) is 13.2 Å². The number of H-pyrrole nitrogens is 1. The second kappa shape index (κ2) is 7.70. The Labute approximate surface area is 137 Å². The maximum absolute atomic E-state index is 12.1. The number of nitrogens with zero attached hydrogens (tertiary/aromatic N) is 4. The fourth-order valence-corrected chi connectivity index (χ4v) is 2.36. The standard InChI is InChI=1S/C12H14F3N5O5/c13-12(14,15)5-24-4-6-2-20(11(23)17-10(6)22)9-1-7(18-19-16)8(3-21)25-9/h2,7-9,21H,1,3-5H2,(H,17,22,23). The lowest BCUT2D eigenvalue weighted by molar-refractivity contribution is -0.176. The van der Waals surface area contributed by atoms with Gasteiger partial charge in [0.05, 0.1) is 30.9 Å². The van der Waals surface area contributed by atoms with E-state index in [1.54, 1.807) is 0 Å². The van der Waals surface area contributed by atoms with Crippen LogP contribution >= 0.6 is 0 Å². The maximum atomic E-state index is 12.1. The van der Waals surface area contributed by atoms with E-state index in [1.807, 2.05) is 4.98 Å². The number of nitrogens with one attached hydrogen (secondary N) is 1. The highest BCUT2D eigenvalue weighted by Gasteiger charge is 2.36.